The Morgan fingerprint density at radius 3 is 2.53 bits per heavy atom. The molecule has 0 bridgehead atoms. The van der Waals surface area contributed by atoms with E-state index >= 15 is 0 Å². The molecule has 0 unspecified atom stereocenters. The van der Waals surface area contributed by atoms with Gasteiger partial charge in [0.15, 0.2) is 17.3 Å². The van der Waals surface area contributed by atoms with Gasteiger partial charge in [-0.05, 0) is 12.1 Å². The minimum Gasteiger partial charge on any atom is -0.496 e. The molecule has 0 saturated heterocycles. The summed E-state index contributed by atoms with van der Waals surface area (Å²) in [7, 11) is 3.08. The molecule has 0 aromatic heterocycles. The Morgan fingerprint density at radius 2 is 1.87 bits per heavy atom. The van der Waals surface area contributed by atoms with Crippen LogP contribution in [0.25, 0.3) is 0 Å². The molecule has 1 aromatic carbocycles. The summed E-state index contributed by atoms with van der Waals surface area (Å²) < 4.78 is 15.7. The lowest BCUT2D eigenvalue weighted by molar-refractivity contribution is 0.0926. The van der Waals surface area contributed by atoms with Crippen LogP contribution >= 0.6 is 0 Å². The smallest absolute Gasteiger partial charge is 0.175 e. The second kappa shape index (κ2) is 3.81. The predicted octanol–water partition coefficient (Wildman–Crippen LogP) is 1.67. The molecule has 4 nitrogen and oxygen atoms in total. The number of ether oxygens (including phenoxy) is 3. The molecule has 1 heterocycles. The summed E-state index contributed by atoms with van der Waals surface area (Å²) in [4.78, 5) is 11.7. The van der Waals surface area contributed by atoms with Gasteiger partial charge < -0.3 is 14.2 Å². The number of hydrogen-bond donors (Lipinski definition) is 0. The van der Waals surface area contributed by atoms with Gasteiger partial charge in [0.1, 0.15) is 11.3 Å². The van der Waals surface area contributed by atoms with Crippen molar-refractivity contribution in [3.63, 3.8) is 0 Å². The van der Waals surface area contributed by atoms with E-state index in [9.17, 15) is 4.79 Å². The molecule has 1 aliphatic heterocycles. The molecule has 0 fully saturated rings. The zero-order valence-corrected chi connectivity index (χ0v) is 8.70. The molecular weight excluding hydrogens is 196 g/mol. The molecule has 4 heteroatoms. The third kappa shape index (κ3) is 1.52. The SMILES string of the molecule is COc1ccc(OC)c2c1OCCC2=O. The van der Waals surface area contributed by atoms with Crippen LogP contribution < -0.4 is 14.2 Å². The van der Waals surface area contributed by atoms with Gasteiger partial charge in [-0.3, -0.25) is 4.79 Å². The average molecular weight is 208 g/mol. The van der Waals surface area contributed by atoms with E-state index in [2.05, 4.69) is 0 Å². The lowest BCUT2D eigenvalue weighted by Crippen LogP contribution is -2.17. The van der Waals surface area contributed by atoms with E-state index in [1.165, 1.54) is 7.11 Å². The molecule has 0 N–H and O–H groups in total. The summed E-state index contributed by atoms with van der Waals surface area (Å²) in [5.41, 5.74) is 0.489. The number of methoxy groups -OCH3 is 2. The van der Waals surface area contributed by atoms with E-state index in [1.54, 1.807) is 19.2 Å². The predicted molar refractivity (Wildman–Crippen MR) is 54.0 cm³/mol. The van der Waals surface area contributed by atoms with E-state index in [4.69, 9.17) is 14.2 Å². The maximum Gasteiger partial charge on any atom is 0.175 e. The van der Waals surface area contributed by atoms with Crippen LogP contribution in [0.1, 0.15) is 16.8 Å². The third-order valence-electron chi connectivity index (χ3n) is 2.38. The summed E-state index contributed by atoms with van der Waals surface area (Å²) in [6.45, 7) is 0.398. The molecule has 1 aromatic rings. The molecule has 0 amide bonds. The van der Waals surface area contributed by atoms with Crippen molar-refractivity contribution in [2.75, 3.05) is 20.8 Å². The summed E-state index contributed by atoms with van der Waals surface area (Å²) in [6.07, 6.45) is 0.385. The third-order valence-corrected chi connectivity index (χ3v) is 2.38. The first-order valence-corrected chi connectivity index (χ1v) is 4.69. The second-order valence-electron chi connectivity index (χ2n) is 3.20. The lowest BCUT2D eigenvalue weighted by atomic mass is 10.0. The van der Waals surface area contributed by atoms with Gasteiger partial charge in [0.2, 0.25) is 0 Å². The van der Waals surface area contributed by atoms with Crippen LogP contribution in [0, 0.1) is 0 Å². The monoisotopic (exact) mass is 208 g/mol. The number of rotatable bonds is 2. The molecular formula is C11H12O4. The van der Waals surface area contributed by atoms with Crippen LogP contribution in [0.3, 0.4) is 0 Å². The highest BCUT2D eigenvalue weighted by Gasteiger charge is 2.26. The van der Waals surface area contributed by atoms with Gasteiger partial charge in [0.25, 0.3) is 0 Å². The Bertz CT molecular complexity index is 398. The summed E-state index contributed by atoms with van der Waals surface area (Å²) >= 11 is 0. The lowest BCUT2D eigenvalue weighted by Gasteiger charge is -2.20. The van der Waals surface area contributed by atoms with E-state index in [-0.39, 0.29) is 5.78 Å². The zero-order valence-electron chi connectivity index (χ0n) is 8.70. The number of carbonyl (C=O) groups is 1. The molecule has 15 heavy (non-hydrogen) atoms. The van der Waals surface area contributed by atoms with Crippen molar-refractivity contribution in [1.82, 2.24) is 0 Å². The van der Waals surface area contributed by atoms with Crippen molar-refractivity contribution in [1.29, 1.82) is 0 Å². The van der Waals surface area contributed by atoms with Crippen LogP contribution in [0.4, 0.5) is 0 Å². The van der Waals surface area contributed by atoms with Crippen molar-refractivity contribution < 1.29 is 19.0 Å². The minimum atomic E-state index is 0.0343. The fraction of sp³-hybridized carbons (Fsp3) is 0.364. The number of benzene rings is 1. The summed E-state index contributed by atoms with van der Waals surface area (Å²) in [5.74, 6) is 1.63. The van der Waals surface area contributed by atoms with Crippen LogP contribution in [0.5, 0.6) is 17.2 Å². The van der Waals surface area contributed by atoms with Gasteiger partial charge in [0, 0.05) is 6.42 Å². The zero-order chi connectivity index (χ0) is 10.8. The first-order valence-electron chi connectivity index (χ1n) is 4.69. The summed E-state index contributed by atoms with van der Waals surface area (Å²) in [6, 6.07) is 3.44. The molecule has 1 aliphatic rings. The molecule has 0 spiro atoms. The van der Waals surface area contributed by atoms with Gasteiger partial charge in [0.05, 0.1) is 20.8 Å². The number of fused-ring (bicyclic) bond motifs is 1. The van der Waals surface area contributed by atoms with E-state index in [0.717, 1.165) is 0 Å². The highest BCUT2D eigenvalue weighted by molar-refractivity contribution is 6.03. The minimum absolute atomic E-state index is 0.0343. The molecule has 2 rings (SSSR count). The van der Waals surface area contributed by atoms with E-state index in [1.807, 2.05) is 0 Å². The molecule has 0 atom stereocenters. The van der Waals surface area contributed by atoms with Gasteiger partial charge in [-0.25, -0.2) is 0 Å². The van der Waals surface area contributed by atoms with Crippen LogP contribution in [0.15, 0.2) is 12.1 Å². The maximum atomic E-state index is 11.7. The Morgan fingerprint density at radius 1 is 1.20 bits per heavy atom. The molecule has 0 radical (unpaired) electrons. The number of Topliss-reactive ketones (excluding diaryl/α,β-unsaturated/α-hetero) is 1. The van der Waals surface area contributed by atoms with Crippen molar-refractivity contribution in [2.45, 2.75) is 6.42 Å². The van der Waals surface area contributed by atoms with Gasteiger partial charge in [-0.2, -0.15) is 0 Å². The topological polar surface area (TPSA) is 44.8 Å². The standard InChI is InChI=1S/C11H12O4/c1-13-8-3-4-9(14-2)11-10(8)7(12)5-6-15-11/h3-4H,5-6H2,1-2H3. The number of hydrogen-bond acceptors (Lipinski definition) is 4. The number of ketones is 1. The Balaban J connectivity index is 2.61. The van der Waals surface area contributed by atoms with Crippen LogP contribution in [-0.4, -0.2) is 26.6 Å². The second-order valence-corrected chi connectivity index (χ2v) is 3.20. The average Bonchev–Trinajstić information content (AvgIpc) is 2.28. The van der Waals surface area contributed by atoms with Crippen LogP contribution in [0.2, 0.25) is 0 Å². The first-order chi connectivity index (χ1) is 7.27. The quantitative estimate of drug-likeness (QED) is 0.741. The first kappa shape index (κ1) is 9.83. The fourth-order valence-electron chi connectivity index (χ4n) is 1.65. The fourth-order valence-corrected chi connectivity index (χ4v) is 1.65. The van der Waals surface area contributed by atoms with Gasteiger partial charge in [-0.15, -0.1) is 0 Å². The van der Waals surface area contributed by atoms with Crippen molar-refractivity contribution >= 4 is 5.78 Å². The number of carbonyl (C=O) groups excluding carboxylic acids is 1. The molecule has 0 saturated carbocycles. The van der Waals surface area contributed by atoms with Crippen molar-refractivity contribution in [3.8, 4) is 17.2 Å². The largest absolute Gasteiger partial charge is 0.496 e. The molecule has 80 valence electrons. The molecule has 0 aliphatic carbocycles. The Labute approximate surface area is 87.8 Å². The van der Waals surface area contributed by atoms with Crippen LogP contribution in [-0.2, 0) is 0 Å². The van der Waals surface area contributed by atoms with Crippen molar-refractivity contribution in [2.24, 2.45) is 0 Å². The Hall–Kier alpha value is -1.71. The normalized spacial score (nSPS) is 14.1. The Kier molecular flexibility index (Phi) is 2.49. The highest BCUT2D eigenvalue weighted by Crippen LogP contribution is 2.40. The maximum absolute atomic E-state index is 11.7. The van der Waals surface area contributed by atoms with Gasteiger partial charge >= 0.3 is 0 Å². The van der Waals surface area contributed by atoms with Crippen molar-refractivity contribution in [3.05, 3.63) is 17.7 Å². The van der Waals surface area contributed by atoms with E-state index in [0.29, 0.717) is 35.8 Å². The highest BCUT2D eigenvalue weighted by atomic mass is 16.5. The van der Waals surface area contributed by atoms with E-state index < -0.39 is 0 Å². The summed E-state index contributed by atoms with van der Waals surface area (Å²) in [5, 5.41) is 0. The van der Waals surface area contributed by atoms with Gasteiger partial charge in [-0.1, -0.05) is 0 Å².